The maximum atomic E-state index is 13.5. The van der Waals surface area contributed by atoms with Gasteiger partial charge in [0.1, 0.15) is 0 Å². The minimum Gasteiger partial charge on any atom is -0.465 e. The first-order valence-corrected chi connectivity index (χ1v) is 11.9. The lowest BCUT2D eigenvalue weighted by Gasteiger charge is -2.36. The van der Waals surface area contributed by atoms with E-state index in [0.717, 1.165) is 10.4 Å². The Morgan fingerprint density at radius 3 is 2.29 bits per heavy atom. The molecule has 0 saturated heterocycles. The standard InChI is InChI=1S/C24H26F6N6O2/c1-13-7-14(2)20-18(8-13)19(5-4-6-35(20)22(37)38)36(21-31-33-34(3)32-21)12-15-9-16(23(25,26)27)11-17(10-15)24(28,29)30/h7,9-11,13,19H,4-6,8,12H2,1-3H3,(H,37,38). The third-order valence-corrected chi connectivity index (χ3v) is 6.65. The number of tetrazole rings is 1. The average molecular weight is 544 g/mol. The molecule has 1 aliphatic carbocycles. The molecule has 4 rings (SSSR count). The van der Waals surface area contributed by atoms with Gasteiger partial charge in [0.25, 0.3) is 5.95 Å². The maximum Gasteiger partial charge on any atom is 0.416 e. The van der Waals surface area contributed by atoms with E-state index < -0.39 is 35.6 Å². The fourth-order valence-electron chi connectivity index (χ4n) is 5.22. The zero-order valence-corrected chi connectivity index (χ0v) is 20.8. The smallest absolute Gasteiger partial charge is 0.416 e. The molecule has 2 aromatic rings. The molecule has 1 N–H and O–H groups in total. The van der Waals surface area contributed by atoms with Crippen LogP contribution in [-0.4, -0.2) is 48.9 Å². The molecule has 0 spiro atoms. The number of halogens is 6. The average Bonchev–Trinajstić information content (AvgIpc) is 3.13. The molecule has 1 aromatic heterocycles. The van der Waals surface area contributed by atoms with Gasteiger partial charge in [-0.05, 0) is 72.2 Å². The third kappa shape index (κ3) is 5.63. The zero-order chi connectivity index (χ0) is 28.0. The summed E-state index contributed by atoms with van der Waals surface area (Å²) in [5.41, 5.74) is -1.13. The van der Waals surface area contributed by atoms with E-state index in [1.807, 2.05) is 13.0 Å². The van der Waals surface area contributed by atoms with E-state index in [1.54, 1.807) is 6.92 Å². The summed E-state index contributed by atoms with van der Waals surface area (Å²) in [6.45, 7) is 3.54. The first-order chi connectivity index (χ1) is 17.6. The van der Waals surface area contributed by atoms with Crippen molar-refractivity contribution in [1.29, 1.82) is 0 Å². The minimum absolute atomic E-state index is 0.0129. The summed E-state index contributed by atoms with van der Waals surface area (Å²) >= 11 is 0. The van der Waals surface area contributed by atoms with Crippen LogP contribution in [0.4, 0.5) is 37.1 Å². The van der Waals surface area contributed by atoms with Gasteiger partial charge in [-0.1, -0.05) is 18.1 Å². The molecule has 1 aliphatic heterocycles. The van der Waals surface area contributed by atoms with Crippen molar-refractivity contribution >= 4 is 12.0 Å². The van der Waals surface area contributed by atoms with Gasteiger partial charge in [0.15, 0.2) is 0 Å². The predicted molar refractivity (Wildman–Crippen MR) is 124 cm³/mol. The van der Waals surface area contributed by atoms with Crippen LogP contribution in [0.25, 0.3) is 0 Å². The molecule has 14 heteroatoms. The van der Waals surface area contributed by atoms with Gasteiger partial charge in [-0.25, -0.2) is 4.79 Å². The Balaban J connectivity index is 1.87. The summed E-state index contributed by atoms with van der Waals surface area (Å²) in [6.07, 6.45) is -7.94. The lowest BCUT2D eigenvalue weighted by molar-refractivity contribution is -0.143. The van der Waals surface area contributed by atoms with Crippen LogP contribution in [0.5, 0.6) is 0 Å². The molecule has 2 atom stereocenters. The fraction of sp³-hybridized carbons (Fsp3) is 0.500. The van der Waals surface area contributed by atoms with Gasteiger partial charge in [-0.2, -0.15) is 31.1 Å². The van der Waals surface area contributed by atoms with Crippen molar-refractivity contribution in [2.45, 2.75) is 58.0 Å². The number of rotatable bonds is 4. The number of aryl methyl sites for hydroxylation is 1. The molecular formula is C24H26F6N6O2. The van der Waals surface area contributed by atoms with E-state index in [4.69, 9.17) is 0 Å². The highest BCUT2D eigenvalue weighted by atomic mass is 19.4. The molecule has 2 heterocycles. The number of aromatic nitrogens is 4. The van der Waals surface area contributed by atoms with Crippen LogP contribution in [-0.2, 0) is 25.9 Å². The molecule has 0 saturated carbocycles. The minimum atomic E-state index is -4.99. The second kappa shape index (κ2) is 9.95. The first-order valence-electron chi connectivity index (χ1n) is 11.9. The molecule has 206 valence electrons. The summed E-state index contributed by atoms with van der Waals surface area (Å²) in [6, 6.07) is 0.863. The summed E-state index contributed by atoms with van der Waals surface area (Å²) in [7, 11) is 1.49. The van der Waals surface area contributed by atoms with E-state index in [2.05, 4.69) is 15.4 Å². The van der Waals surface area contributed by atoms with Crippen molar-refractivity contribution in [2.24, 2.45) is 13.0 Å². The van der Waals surface area contributed by atoms with Gasteiger partial charge in [0.2, 0.25) is 0 Å². The molecule has 0 radical (unpaired) electrons. The van der Waals surface area contributed by atoms with Crippen molar-refractivity contribution in [3.8, 4) is 0 Å². The van der Waals surface area contributed by atoms with Crippen LogP contribution in [0.1, 0.15) is 49.8 Å². The number of anilines is 1. The van der Waals surface area contributed by atoms with Gasteiger partial charge in [0.05, 0.1) is 29.9 Å². The van der Waals surface area contributed by atoms with Crippen LogP contribution in [0, 0.1) is 5.92 Å². The van der Waals surface area contributed by atoms with Crippen LogP contribution in [0.2, 0.25) is 0 Å². The maximum absolute atomic E-state index is 13.5. The summed E-state index contributed by atoms with van der Waals surface area (Å²) in [4.78, 5) is 16.0. The third-order valence-electron chi connectivity index (χ3n) is 6.65. The number of nitrogens with zero attached hydrogens (tertiary/aromatic N) is 6. The number of hydrogen-bond donors (Lipinski definition) is 1. The van der Waals surface area contributed by atoms with Crippen molar-refractivity contribution in [1.82, 2.24) is 25.1 Å². The molecule has 8 nitrogen and oxygen atoms in total. The van der Waals surface area contributed by atoms with Crippen molar-refractivity contribution < 1.29 is 36.2 Å². The lowest BCUT2D eigenvalue weighted by Crippen LogP contribution is -2.39. The second-order valence-electron chi connectivity index (χ2n) is 9.62. The number of alkyl halides is 6. The van der Waals surface area contributed by atoms with Gasteiger partial charge in [0, 0.05) is 13.1 Å². The molecule has 2 unspecified atom stereocenters. The van der Waals surface area contributed by atoms with Crippen molar-refractivity contribution in [3.63, 3.8) is 0 Å². The quantitative estimate of drug-likeness (QED) is 0.502. The highest BCUT2D eigenvalue weighted by Gasteiger charge is 2.39. The Morgan fingerprint density at radius 1 is 1.13 bits per heavy atom. The van der Waals surface area contributed by atoms with E-state index in [-0.39, 0.29) is 36.6 Å². The number of amides is 1. The summed E-state index contributed by atoms with van der Waals surface area (Å²) < 4.78 is 81.2. The van der Waals surface area contributed by atoms with Gasteiger partial charge < -0.3 is 10.0 Å². The van der Waals surface area contributed by atoms with Gasteiger partial charge >= 0.3 is 18.4 Å². The number of benzene rings is 1. The molecule has 0 fully saturated rings. The number of carbonyl (C=O) groups is 1. The topological polar surface area (TPSA) is 87.4 Å². The van der Waals surface area contributed by atoms with Gasteiger partial charge in [-0.3, -0.25) is 4.90 Å². The summed E-state index contributed by atoms with van der Waals surface area (Å²) in [5.74, 6) is 0.0472. The Bertz CT molecular complexity index is 1250. The van der Waals surface area contributed by atoms with E-state index >= 15 is 0 Å². The second-order valence-corrected chi connectivity index (χ2v) is 9.62. The Labute approximate surface area is 214 Å². The van der Waals surface area contributed by atoms with Crippen LogP contribution in [0.3, 0.4) is 0 Å². The molecule has 1 amide bonds. The SMILES string of the molecule is CC1=CC(C)CC2=C1N(C(=O)O)CCCC2N(Cc1cc(C(F)(F)F)cc(C(F)(F)F)c1)c1nnn(C)n1. The summed E-state index contributed by atoms with van der Waals surface area (Å²) in [5, 5.41) is 21.9. The zero-order valence-electron chi connectivity index (χ0n) is 20.8. The van der Waals surface area contributed by atoms with Crippen LogP contribution >= 0.6 is 0 Å². The van der Waals surface area contributed by atoms with E-state index in [9.17, 15) is 36.2 Å². The molecule has 1 aromatic carbocycles. The van der Waals surface area contributed by atoms with Crippen molar-refractivity contribution in [3.05, 3.63) is 57.8 Å². The van der Waals surface area contributed by atoms with Gasteiger partial charge in [-0.15, -0.1) is 5.10 Å². The number of carboxylic acid groups (broad SMARTS) is 1. The van der Waals surface area contributed by atoms with Crippen LogP contribution in [0.15, 0.2) is 41.1 Å². The first kappa shape index (κ1) is 27.5. The van der Waals surface area contributed by atoms with Crippen LogP contribution < -0.4 is 4.90 Å². The Kier molecular flexibility index (Phi) is 7.19. The molecule has 0 bridgehead atoms. The largest absolute Gasteiger partial charge is 0.465 e. The van der Waals surface area contributed by atoms with Crippen molar-refractivity contribution in [2.75, 3.05) is 11.4 Å². The van der Waals surface area contributed by atoms with E-state index in [1.165, 1.54) is 16.8 Å². The highest BCUT2D eigenvalue weighted by molar-refractivity contribution is 5.70. The Morgan fingerprint density at radius 2 is 1.76 bits per heavy atom. The lowest BCUT2D eigenvalue weighted by atomic mass is 9.84. The monoisotopic (exact) mass is 544 g/mol. The molecular weight excluding hydrogens is 518 g/mol. The fourth-order valence-corrected chi connectivity index (χ4v) is 5.22. The molecule has 2 aliphatic rings. The highest BCUT2D eigenvalue weighted by Crippen LogP contribution is 2.41. The molecule has 38 heavy (non-hydrogen) atoms. The normalized spacial score (nSPS) is 20.7. The number of hydrogen-bond acceptors (Lipinski definition) is 5. The Hall–Kier alpha value is -3.58. The number of allylic oxidation sites excluding steroid dienone is 2. The van der Waals surface area contributed by atoms with E-state index in [0.29, 0.717) is 42.7 Å². The predicted octanol–water partition coefficient (Wildman–Crippen LogP) is 5.64.